The molecule has 0 saturated carbocycles. The van der Waals surface area contributed by atoms with Crippen LogP contribution in [0.25, 0.3) is 0 Å². The number of hydrogen-bond donors (Lipinski definition) is 1. The molecule has 0 bridgehead atoms. The molecule has 1 aromatic rings. The first-order valence-electron chi connectivity index (χ1n) is 6.45. The Balaban J connectivity index is 2.08. The highest BCUT2D eigenvalue weighted by molar-refractivity contribution is 5.13. The van der Waals surface area contributed by atoms with Gasteiger partial charge in [0.2, 0.25) is 0 Å². The van der Waals surface area contributed by atoms with Crippen LogP contribution in [-0.4, -0.2) is 18.3 Å². The van der Waals surface area contributed by atoms with E-state index in [1.165, 1.54) is 5.56 Å². The van der Waals surface area contributed by atoms with Crippen LogP contribution < -0.4 is 0 Å². The van der Waals surface area contributed by atoms with Gasteiger partial charge < -0.3 is 9.84 Å². The van der Waals surface area contributed by atoms with E-state index in [0.29, 0.717) is 18.4 Å². The molecule has 17 heavy (non-hydrogen) atoms. The zero-order valence-electron chi connectivity index (χ0n) is 10.9. The average Bonchev–Trinajstić information content (AvgIpc) is 2.36. The standard InChI is InChI=1S/C15H24O2/c1-13(10-14(2)11-16)8-9-17-12-15-6-4-3-5-7-15/h3-7,13-14,16H,8-12H2,1-2H3/t13-,14-/m0/s1. The molecule has 0 unspecified atom stereocenters. The van der Waals surface area contributed by atoms with Crippen LogP contribution in [0.3, 0.4) is 0 Å². The van der Waals surface area contributed by atoms with Crippen molar-refractivity contribution in [2.24, 2.45) is 11.8 Å². The van der Waals surface area contributed by atoms with Crippen molar-refractivity contribution in [1.29, 1.82) is 0 Å². The third-order valence-corrected chi connectivity index (χ3v) is 2.98. The van der Waals surface area contributed by atoms with Crippen LogP contribution in [0.4, 0.5) is 0 Å². The SMILES string of the molecule is C[C@H](CO)C[C@@H](C)CCOCc1ccccc1. The van der Waals surface area contributed by atoms with E-state index >= 15 is 0 Å². The predicted molar refractivity (Wildman–Crippen MR) is 70.7 cm³/mol. The molecule has 0 aromatic heterocycles. The highest BCUT2D eigenvalue weighted by Gasteiger charge is 2.07. The van der Waals surface area contributed by atoms with E-state index < -0.39 is 0 Å². The molecule has 0 aliphatic heterocycles. The quantitative estimate of drug-likeness (QED) is 0.702. The van der Waals surface area contributed by atoms with E-state index in [0.717, 1.165) is 19.4 Å². The Bertz CT molecular complexity index is 284. The number of benzene rings is 1. The van der Waals surface area contributed by atoms with E-state index in [4.69, 9.17) is 9.84 Å². The summed E-state index contributed by atoms with van der Waals surface area (Å²) in [5.74, 6) is 1.02. The molecule has 0 aliphatic rings. The summed E-state index contributed by atoms with van der Waals surface area (Å²) in [6.07, 6.45) is 2.14. The lowest BCUT2D eigenvalue weighted by molar-refractivity contribution is 0.104. The number of aliphatic hydroxyl groups is 1. The van der Waals surface area contributed by atoms with E-state index in [1.54, 1.807) is 0 Å². The maximum atomic E-state index is 8.97. The summed E-state index contributed by atoms with van der Waals surface area (Å²) >= 11 is 0. The fraction of sp³-hybridized carbons (Fsp3) is 0.600. The van der Waals surface area contributed by atoms with Gasteiger partial charge in [0.25, 0.3) is 0 Å². The molecular formula is C15H24O2. The van der Waals surface area contributed by atoms with Gasteiger partial charge in [0.05, 0.1) is 6.61 Å². The zero-order chi connectivity index (χ0) is 12.5. The monoisotopic (exact) mass is 236 g/mol. The molecule has 1 N–H and O–H groups in total. The molecule has 0 aliphatic carbocycles. The minimum atomic E-state index is 0.287. The van der Waals surface area contributed by atoms with Crippen molar-refractivity contribution >= 4 is 0 Å². The van der Waals surface area contributed by atoms with Crippen LogP contribution >= 0.6 is 0 Å². The van der Waals surface area contributed by atoms with E-state index in [9.17, 15) is 0 Å². The van der Waals surface area contributed by atoms with Crippen LogP contribution in [-0.2, 0) is 11.3 Å². The normalized spacial score (nSPS) is 14.5. The van der Waals surface area contributed by atoms with Crippen LogP contribution in [0.2, 0.25) is 0 Å². The molecular weight excluding hydrogens is 212 g/mol. The van der Waals surface area contributed by atoms with Gasteiger partial charge in [0.15, 0.2) is 0 Å². The Morgan fingerprint density at radius 2 is 1.82 bits per heavy atom. The second-order valence-corrected chi connectivity index (χ2v) is 4.96. The lowest BCUT2D eigenvalue weighted by Crippen LogP contribution is -2.09. The molecule has 0 heterocycles. The van der Waals surface area contributed by atoms with Gasteiger partial charge in [-0.1, -0.05) is 44.2 Å². The first-order chi connectivity index (χ1) is 8.22. The van der Waals surface area contributed by atoms with Crippen LogP contribution in [0.1, 0.15) is 32.3 Å². The number of ether oxygens (including phenoxy) is 1. The summed E-state index contributed by atoms with van der Waals surface area (Å²) in [5.41, 5.74) is 1.23. The van der Waals surface area contributed by atoms with E-state index in [-0.39, 0.29) is 6.61 Å². The van der Waals surface area contributed by atoms with Gasteiger partial charge in [0, 0.05) is 13.2 Å². The average molecular weight is 236 g/mol. The Labute approximate surface area is 105 Å². The molecule has 0 radical (unpaired) electrons. The summed E-state index contributed by atoms with van der Waals surface area (Å²) in [6, 6.07) is 10.2. The summed E-state index contributed by atoms with van der Waals surface area (Å²) in [5, 5.41) is 8.97. The Kier molecular flexibility index (Phi) is 6.90. The Morgan fingerprint density at radius 1 is 1.12 bits per heavy atom. The molecule has 0 spiro atoms. The maximum absolute atomic E-state index is 8.97. The van der Waals surface area contributed by atoms with Crippen LogP contribution in [0, 0.1) is 11.8 Å². The van der Waals surface area contributed by atoms with Crippen molar-refractivity contribution in [3.63, 3.8) is 0 Å². The lowest BCUT2D eigenvalue weighted by Gasteiger charge is -2.15. The molecule has 2 nitrogen and oxygen atoms in total. The summed E-state index contributed by atoms with van der Waals surface area (Å²) in [6.45, 7) is 6.09. The van der Waals surface area contributed by atoms with Gasteiger partial charge in [0.1, 0.15) is 0 Å². The minimum absolute atomic E-state index is 0.287. The second-order valence-electron chi connectivity index (χ2n) is 4.96. The van der Waals surface area contributed by atoms with Crippen LogP contribution in [0.5, 0.6) is 0 Å². The molecule has 0 saturated heterocycles. The maximum Gasteiger partial charge on any atom is 0.0716 e. The fourth-order valence-corrected chi connectivity index (χ4v) is 1.93. The third-order valence-electron chi connectivity index (χ3n) is 2.98. The molecule has 1 aromatic carbocycles. The highest BCUT2D eigenvalue weighted by atomic mass is 16.5. The zero-order valence-corrected chi connectivity index (χ0v) is 10.9. The number of aliphatic hydroxyl groups excluding tert-OH is 1. The molecule has 0 fully saturated rings. The smallest absolute Gasteiger partial charge is 0.0716 e. The molecule has 2 atom stereocenters. The number of hydrogen-bond acceptors (Lipinski definition) is 2. The first kappa shape index (κ1) is 14.2. The highest BCUT2D eigenvalue weighted by Crippen LogP contribution is 2.14. The molecule has 1 rings (SSSR count). The first-order valence-corrected chi connectivity index (χ1v) is 6.45. The van der Waals surface area contributed by atoms with Crippen molar-refractivity contribution < 1.29 is 9.84 Å². The Hall–Kier alpha value is -0.860. The van der Waals surface area contributed by atoms with Crippen molar-refractivity contribution in [2.75, 3.05) is 13.2 Å². The largest absolute Gasteiger partial charge is 0.396 e. The van der Waals surface area contributed by atoms with Gasteiger partial charge in [-0.3, -0.25) is 0 Å². The van der Waals surface area contributed by atoms with Gasteiger partial charge in [-0.2, -0.15) is 0 Å². The van der Waals surface area contributed by atoms with Crippen molar-refractivity contribution in [3.8, 4) is 0 Å². The summed E-state index contributed by atoms with van der Waals surface area (Å²) in [4.78, 5) is 0. The van der Waals surface area contributed by atoms with Gasteiger partial charge in [-0.15, -0.1) is 0 Å². The predicted octanol–water partition coefficient (Wildman–Crippen LogP) is 3.25. The van der Waals surface area contributed by atoms with Crippen molar-refractivity contribution in [3.05, 3.63) is 35.9 Å². The van der Waals surface area contributed by atoms with Gasteiger partial charge >= 0.3 is 0 Å². The van der Waals surface area contributed by atoms with Gasteiger partial charge in [-0.05, 0) is 30.2 Å². The minimum Gasteiger partial charge on any atom is -0.396 e. The van der Waals surface area contributed by atoms with E-state index in [1.807, 2.05) is 18.2 Å². The van der Waals surface area contributed by atoms with Gasteiger partial charge in [-0.25, -0.2) is 0 Å². The fourth-order valence-electron chi connectivity index (χ4n) is 1.93. The lowest BCUT2D eigenvalue weighted by atomic mass is 9.96. The Morgan fingerprint density at radius 3 is 2.47 bits per heavy atom. The van der Waals surface area contributed by atoms with Crippen LogP contribution in [0.15, 0.2) is 30.3 Å². The topological polar surface area (TPSA) is 29.5 Å². The summed E-state index contributed by atoms with van der Waals surface area (Å²) in [7, 11) is 0. The van der Waals surface area contributed by atoms with E-state index in [2.05, 4.69) is 26.0 Å². The molecule has 2 heteroatoms. The van der Waals surface area contributed by atoms with Crippen molar-refractivity contribution in [1.82, 2.24) is 0 Å². The third kappa shape index (κ3) is 6.44. The second kappa shape index (κ2) is 8.26. The molecule has 0 amide bonds. The summed E-state index contributed by atoms with van der Waals surface area (Å²) < 4.78 is 5.64. The molecule has 96 valence electrons. The number of rotatable bonds is 8. The van der Waals surface area contributed by atoms with Crippen molar-refractivity contribution in [2.45, 2.75) is 33.3 Å².